The number of aromatic nitrogens is 3. The molecular formula is C23H28N4O3. The first kappa shape index (κ1) is 20.2. The highest BCUT2D eigenvalue weighted by atomic mass is 16.5. The number of hydrogen-bond donors (Lipinski definition) is 0. The number of carbonyl (C=O) groups is 1. The second kappa shape index (κ2) is 8.73. The number of amides is 1. The summed E-state index contributed by atoms with van der Waals surface area (Å²) in [5.41, 5.74) is 3.05. The van der Waals surface area contributed by atoms with Gasteiger partial charge >= 0.3 is 0 Å². The van der Waals surface area contributed by atoms with Crippen molar-refractivity contribution in [3.05, 3.63) is 65.1 Å². The van der Waals surface area contributed by atoms with Gasteiger partial charge in [-0.1, -0.05) is 12.1 Å². The van der Waals surface area contributed by atoms with E-state index in [1.807, 2.05) is 49.1 Å². The molecule has 1 saturated heterocycles. The maximum atomic E-state index is 12.8. The van der Waals surface area contributed by atoms with Gasteiger partial charge in [0, 0.05) is 25.2 Å². The van der Waals surface area contributed by atoms with E-state index in [1.165, 1.54) is 0 Å². The van der Waals surface area contributed by atoms with Gasteiger partial charge in [-0.25, -0.2) is 4.98 Å². The van der Waals surface area contributed by atoms with Crippen LogP contribution in [0, 0.1) is 13.8 Å². The van der Waals surface area contributed by atoms with Gasteiger partial charge < -0.3 is 14.1 Å². The number of methoxy groups -OCH3 is 1. The van der Waals surface area contributed by atoms with E-state index in [9.17, 15) is 4.79 Å². The maximum absolute atomic E-state index is 12.8. The fourth-order valence-electron chi connectivity index (χ4n) is 4.05. The smallest absolute Gasteiger partial charge is 0.244 e. The number of hydrogen-bond acceptors (Lipinski definition) is 5. The second-order valence-electron chi connectivity index (χ2n) is 7.96. The number of nitrogens with zero attached hydrogens (tertiary/aromatic N) is 4. The van der Waals surface area contributed by atoms with Gasteiger partial charge in [0.05, 0.1) is 24.9 Å². The monoisotopic (exact) mass is 408 g/mol. The molecule has 0 spiro atoms. The van der Waals surface area contributed by atoms with Crippen molar-refractivity contribution in [1.29, 1.82) is 0 Å². The molecule has 1 unspecified atom stereocenters. The van der Waals surface area contributed by atoms with Crippen molar-refractivity contribution < 1.29 is 13.9 Å². The molecule has 0 saturated carbocycles. The largest absolute Gasteiger partial charge is 0.497 e. The fourth-order valence-corrected chi connectivity index (χ4v) is 4.05. The van der Waals surface area contributed by atoms with Crippen LogP contribution in [0.5, 0.6) is 5.75 Å². The lowest BCUT2D eigenvalue weighted by Crippen LogP contribution is -2.41. The Bertz CT molecular complexity index is 1020. The lowest BCUT2D eigenvalue weighted by Gasteiger charge is -2.31. The van der Waals surface area contributed by atoms with Crippen molar-refractivity contribution in [2.75, 3.05) is 20.2 Å². The molecule has 2 aromatic heterocycles. The van der Waals surface area contributed by atoms with Crippen molar-refractivity contribution in [3.8, 4) is 5.75 Å². The Morgan fingerprint density at radius 2 is 2.17 bits per heavy atom. The molecule has 7 heteroatoms. The molecule has 1 fully saturated rings. The molecule has 1 aliphatic rings. The van der Waals surface area contributed by atoms with Gasteiger partial charge in [-0.2, -0.15) is 5.10 Å². The molecule has 1 atom stereocenters. The van der Waals surface area contributed by atoms with Gasteiger partial charge in [-0.05, 0) is 50.5 Å². The topological polar surface area (TPSA) is 73.4 Å². The molecule has 3 heterocycles. The molecule has 158 valence electrons. The van der Waals surface area contributed by atoms with Crippen LogP contribution in [0.1, 0.15) is 47.4 Å². The summed E-state index contributed by atoms with van der Waals surface area (Å²) in [7, 11) is 1.66. The average Bonchev–Trinajstić information content (AvgIpc) is 3.34. The summed E-state index contributed by atoms with van der Waals surface area (Å²) in [6, 6.07) is 9.93. The zero-order chi connectivity index (χ0) is 21.1. The summed E-state index contributed by atoms with van der Waals surface area (Å²) >= 11 is 0. The van der Waals surface area contributed by atoms with Crippen LogP contribution >= 0.6 is 0 Å². The van der Waals surface area contributed by atoms with Gasteiger partial charge in [-0.3, -0.25) is 9.48 Å². The van der Waals surface area contributed by atoms with E-state index in [0.29, 0.717) is 13.0 Å². The third kappa shape index (κ3) is 4.56. The van der Waals surface area contributed by atoms with Crippen LogP contribution in [0.3, 0.4) is 0 Å². The van der Waals surface area contributed by atoms with Gasteiger partial charge in [0.1, 0.15) is 18.1 Å². The van der Waals surface area contributed by atoms with E-state index in [4.69, 9.17) is 9.15 Å². The molecule has 0 aliphatic carbocycles. The van der Waals surface area contributed by atoms with E-state index >= 15 is 0 Å². The number of likely N-dealkylation sites (tertiary alicyclic amines) is 1. The molecule has 1 amide bonds. The summed E-state index contributed by atoms with van der Waals surface area (Å²) < 4.78 is 13.1. The van der Waals surface area contributed by atoms with Crippen molar-refractivity contribution in [2.24, 2.45) is 0 Å². The highest BCUT2D eigenvalue weighted by Gasteiger charge is 2.28. The molecule has 7 nitrogen and oxygen atoms in total. The van der Waals surface area contributed by atoms with Crippen molar-refractivity contribution in [1.82, 2.24) is 19.7 Å². The van der Waals surface area contributed by atoms with E-state index in [0.717, 1.165) is 53.7 Å². The van der Waals surface area contributed by atoms with E-state index in [-0.39, 0.29) is 18.4 Å². The summed E-state index contributed by atoms with van der Waals surface area (Å²) in [4.78, 5) is 19.2. The minimum absolute atomic E-state index is 0.0917. The summed E-state index contributed by atoms with van der Waals surface area (Å²) in [5, 5.41) is 4.41. The van der Waals surface area contributed by atoms with Gasteiger partial charge in [0.15, 0.2) is 5.89 Å². The highest BCUT2D eigenvalue weighted by molar-refractivity contribution is 5.76. The van der Waals surface area contributed by atoms with Crippen molar-refractivity contribution >= 4 is 5.91 Å². The SMILES string of the molecule is COc1cccc(Cc2cnc(C3CCCN(C(=O)Cn4nc(C)cc4C)C3)o2)c1. The van der Waals surface area contributed by atoms with Crippen LogP contribution in [-0.4, -0.2) is 45.8 Å². The fraction of sp³-hybridized carbons (Fsp3) is 0.435. The Hall–Kier alpha value is -3.09. The molecule has 4 rings (SSSR count). The number of rotatable bonds is 6. The van der Waals surface area contributed by atoms with Gasteiger partial charge in [-0.15, -0.1) is 0 Å². The lowest BCUT2D eigenvalue weighted by molar-refractivity contribution is -0.133. The van der Waals surface area contributed by atoms with Gasteiger partial charge in [0.25, 0.3) is 0 Å². The molecule has 0 bridgehead atoms. The standard InChI is InChI=1S/C23H28N4O3/c1-16-10-17(2)27(25-16)15-22(28)26-9-5-7-19(14-26)23-24-13-21(30-23)12-18-6-4-8-20(11-18)29-3/h4,6,8,10-11,13,19H,5,7,9,12,14-15H2,1-3H3. The Morgan fingerprint density at radius 1 is 1.30 bits per heavy atom. The number of oxazole rings is 1. The van der Waals surface area contributed by atoms with Crippen LogP contribution in [0.15, 0.2) is 40.9 Å². The summed E-state index contributed by atoms with van der Waals surface area (Å²) in [6.07, 6.45) is 4.38. The quantitative estimate of drug-likeness (QED) is 0.624. The number of ether oxygens (including phenoxy) is 1. The minimum atomic E-state index is 0.0917. The first-order valence-electron chi connectivity index (χ1n) is 10.4. The minimum Gasteiger partial charge on any atom is -0.497 e. The van der Waals surface area contributed by atoms with Crippen LogP contribution in [0.4, 0.5) is 0 Å². The normalized spacial score (nSPS) is 16.6. The molecule has 1 aromatic carbocycles. The lowest BCUT2D eigenvalue weighted by atomic mass is 9.98. The number of aryl methyl sites for hydroxylation is 2. The van der Waals surface area contributed by atoms with Crippen LogP contribution in [0.2, 0.25) is 0 Å². The predicted molar refractivity (Wildman–Crippen MR) is 113 cm³/mol. The zero-order valence-corrected chi connectivity index (χ0v) is 17.8. The molecule has 30 heavy (non-hydrogen) atoms. The first-order valence-corrected chi connectivity index (χ1v) is 10.4. The third-order valence-electron chi connectivity index (χ3n) is 5.60. The molecular weight excluding hydrogens is 380 g/mol. The number of piperidine rings is 1. The van der Waals surface area contributed by atoms with E-state index in [2.05, 4.69) is 10.1 Å². The number of carbonyl (C=O) groups excluding carboxylic acids is 1. The second-order valence-corrected chi connectivity index (χ2v) is 7.96. The summed E-state index contributed by atoms with van der Waals surface area (Å²) in [6.45, 7) is 5.60. The van der Waals surface area contributed by atoms with Crippen LogP contribution in [0.25, 0.3) is 0 Å². The predicted octanol–water partition coefficient (Wildman–Crippen LogP) is 3.49. The van der Waals surface area contributed by atoms with E-state index in [1.54, 1.807) is 18.0 Å². The average molecular weight is 409 g/mol. The van der Waals surface area contributed by atoms with Crippen molar-refractivity contribution in [2.45, 2.75) is 45.6 Å². The Balaban J connectivity index is 1.39. The Kier molecular flexibility index (Phi) is 5.88. The molecule has 1 aliphatic heterocycles. The Morgan fingerprint density at radius 3 is 2.93 bits per heavy atom. The van der Waals surface area contributed by atoms with Crippen LogP contribution in [-0.2, 0) is 17.8 Å². The Labute approximate surface area is 176 Å². The maximum Gasteiger partial charge on any atom is 0.244 e. The molecule has 3 aromatic rings. The van der Waals surface area contributed by atoms with E-state index < -0.39 is 0 Å². The summed E-state index contributed by atoms with van der Waals surface area (Å²) in [5.74, 6) is 2.59. The highest BCUT2D eigenvalue weighted by Crippen LogP contribution is 2.28. The molecule has 0 N–H and O–H groups in total. The van der Waals surface area contributed by atoms with Crippen LogP contribution < -0.4 is 4.74 Å². The third-order valence-corrected chi connectivity index (χ3v) is 5.60. The van der Waals surface area contributed by atoms with Gasteiger partial charge in [0.2, 0.25) is 5.91 Å². The molecule has 0 radical (unpaired) electrons. The number of benzene rings is 1. The zero-order valence-electron chi connectivity index (χ0n) is 17.8. The van der Waals surface area contributed by atoms with Crippen molar-refractivity contribution in [3.63, 3.8) is 0 Å². The first-order chi connectivity index (χ1) is 14.5.